The van der Waals surface area contributed by atoms with Crippen LogP contribution in [0.1, 0.15) is 61.5 Å². The molecule has 24 heavy (non-hydrogen) atoms. The van der Waals surface area contributed by atoms with Gasteiger partial charge in [-0.1, -0.05) is 26.8 Å². The van der Waals surface area contributed by atoms with Crippen molar-refractivity contribution in [2.75, 3.05) is 13.1 Å². The van der Waals surface area contributed by atoms with Crippen LogP contribution in [0.15, 0.2) is 18.2 Å². The summed E-state index contributed by atoms with van der Waals surface area (Å²) in [4.78, 5) is 14.4. The molecule has 0 radical (unpaired) electrons. The van der Waals surface area contributed by atoms with E-state index in [1.807, 2.05) is 6.07 Å². The number of hydrogen-bond acceptors (Lipinski definition) is 2. The van der Waals surface area contributed by atoms with Gasteiger partial charge in [0.25, 0.3) is 0 Å². The number of carbonyl (C=O) groups excluding carboxylic acids is 1. The highest BCUT2D eigenvalue weighted by atomic mass is 16.1. The third-order valence-electron chi connectivity index (χ3n) is 7.36. The number of likely N-dealkylation sites (tertiary alicyclic amines) is 1. The number of amides is 1. The minimum Gasteiger partial charge on any atom is -0.366 e. The van der Waals surface area contributed by atoms with Crippen LogP contribution in [0.25, 0.3) is 0 Å². The number of benzene rings is 1. The number of rotatable bonds is 4. The summed E-state index contributed by atoms with van der Waals surface area (Å²) in [6.45, 7) is 9.69. The van der Waals surface area contributed by atoms with E-state index < -0.39 is 0 Å². The van der Waals surface area contributed by atoms with Crippen molar-refractivity contribution in [2.45, 2.75) is 57.9 Å². The standard InChI is InChI=1S/C21H30N2O/c1-13(15-4-5-15)12-23-9-8-21(3)14(2)19(23)11-16-6-7-17(20(22)24)10-18(16)21/h6-7,10,13-15,19H,4-5,8-9,11-12H2,1-3H3,(H2,22,24)/t13-,14-,19?,21-/m0/s1. The lowest BCUT2D eigenvalue weighted by Gasteiger charge is -2.55. The molecule has 3 heteroatoms. The van der Waals surface area contributed by atoms with E-state index in [0.29, 0.717) is 17.5 Å². The van der Waals surface area contributed by atoms with Crippen LogP contribution in [0.4, 0.5) is 0 Å². The van der Waals surface area contributed by atoms with Crippen molar-refractivity contribution in [3.8, 4) is 0 Å². The lowest BCUT2D eigenvalue weighted by molar-refractivity contribution is 0.0206. The van der Waals surface area contributed by atoms with Gasteiger partial charge < -0.3 is 5.73 Å². The molecule has 2 fully saturated rings. The summed E-state index contributed by atoms with van der Waals surface area (Å²) in [7, 11) is 0. The summed E-state index contributed by atoms with van der Waals surface area (Å²) in [5.74, 6) is 2.11. The normalized spacial score (nSPS) is 33.8. The molecule has 1 aliphatic heterocycles. The first-order valence-electron chi connectivity index (χ1n) is 9.57. The Morgan fingerprint density at radius 1 is 1.42 bits per heavy atom. The molecule has 1 amide bonds. The summed E-state index contributed by atoms with van der Waals surface area (Å²) in [6.07, 6.45) is 5.16. The SMILES string of the molecule is C[C@@H](CN1CC[C@]2(C)c3cc(C(N)=O)ccc3CC1[C@@H]2C)C1CC1. The second-order valence-corrected chi connectivity index (χ2v) is 8.77. The molecule has 1 aromatic carbocycles. The van der Waals surface area contributed by atoms with Gasteiger partial charge >= 0.3 is 0 Å². The smallest absolute Gasteiger partial charge is 0.248 e. The van der Waals surface area contributed by atoms with Gasteiger partial charge in [-0.15, -0.1) is 0 Å². The van der Waals surface area contributed by atoms with Gasteiger partial charge in [0, 0.05) is 18.2 Å². The molecular weight excluding hydrogens is 296 g/mol. The van der Waals surface area contributed by atoms with E-state index in [4.69, 9.17) is 5.73 Å². The summed E-state index contributed by atoms with van der Waals surface area (Å²) < 4.78 is 0. The van der Waals surface area contributed by atoms with E-state index in [2.05, 4.69) is 37.8 Å². The van der Waals surface area contributed by atoms with E-state index in [-0.39, 0.29) is 11.3 Å². The van der Waals surface area contributed by atoms with Gasteiger partial charge in [0.15, 0.2) is 0 Å². The van der Waals surface area contributed by atoms with Gasteiger partial charge in [-0.25, -0.2) is 0 Å². The summed E-state index contributed by atoms with van der Waals surface area (Å²) >= 11 is 0. The van der Waals surface area contributed by atoms with Crippen LogP contribution in [0.3, 0.4) is 0 Å². The van der Waals surface area contributed by atoms with Gasteiger partial charge in [0.05, 0.1) is 0 Å². The van der Waals surface area contributed by atoms with Crippen molar-refractivity contribution < 1.29 is 4.79 Å². The number of fused-ring (bicyclic) bond motifs is 4. The average molecular weight is 326 g/mol. The van der Waals surface area contributed by atoms with E-state index in [9.17, 15) is 4.79 Å². The van der Waals surface area contributed by atoms with Crippen LogP contribution in [0, 0.1) is 17.8 Å². The molecule has 1 saturated carbocycles. The first-order chi connectivity index (χ1) is 11.4. The molecule has 2 N–H and O–H groups in total. The van der Waals surface area contributed by atoms with Crippen molar-refractivity contribution in [3.05, 3.63) is 34.9 Å². The number of primary amides is 1. The minimum absolute atomic E-state index is 0.170. The highest BCUT2D eigenvalue weighted by Crippen LogP contribution is 2.49. The highest BCUT2D eigenvalue weighted by Gasteiger charge is 2.48. The maximum absolute atomic E-state index is 11.6. The Morgan fingerprint density at radius 2 is 2.17 bits per heavy atom. The second-order valence-electron chi connectivity index (χ2n) is 8.77. The van der Waals surface area contributed by atoms with Crippen molar-refractivity contribution >= 4 is 5.91 Å². The maximum Gasteiger partial charge on any atom is 0.248 e. The van der Waals surface area contributed by atoms with Crippen molar-refractivity contribution in [2.24, 2.45) is 23.5 Å². The molecule has 2 aliphatic carbocycles. The van der Waals surface area contributed by atoms with E-state index in [1.54, 1.807) is 0 Å². The van der Waals surface area contributed by atoms with Crippen LogP contribution in [0.2, 0.25) is 0 Å². The van der Waals surface area contributed by atoms with Crippen LogP contribution < -0.4 is 5.73 Å². The minimum atomic E-state index is -0.313. The Bertz CT molecular complexity index is 666. The molecule has 1 heterocycles. The third kappa shape index (κ3) is 2.48. The maximum atomic E-state index is 11.6. The zero-order chi connectivity index (χ0) is 17.1. The second kappa shape index (κ2) is 5.59. The monoisotopic (exact) mass is 326 g/mol. The molecular formula is C21H30N2O. The molecule has 4 rings (SSSR count). The van der Waals surface area contributed by atoms with Gasteiger partial charge in [-0.3, -0.25) is 9.69 Å². The zero-order valence-electron chi connectivity index (χ0n) is 15.2. The lowest BCUT2D eigenvalue weighted by atomic mass is 9.58. The van der Waals surface area contributed by atoms with Crippen LogP contribution in [-0.4, -0.2) is 29.9 Å². The zero-order valence-corrected chi connectivity index (χ0v) is 15.2. The fraction of sp³-hybridized carbons (Fsp3) is 0.667. The Kier molecular flexibility index (Phi) is 3.76. The predicted molar refractivity (Wildman–Crippen MR) is 97.0 cm³/mol. The van der Waals surface area contributed by atoms with E-state index in [0.717, 1.165) is 18.3 Å². The number of carbonyl (C=O) groups is 1. The molecule has 3 nitrogen and oxygen atoms in total. The number of nitrogens with two attached hydrogens (primary N) is 1. The molecule has 4 atom stereocenters. The van der Waals surface area contributed by atoms with Gasteiger partial charge in [-0.05, 0) is 78.7 Å². The Hall–Kier alpha value is -1.35. The Labute approximate surface area is 145 Å². The summed E-state index contributed by atoms with van der Waals surface area (Å²) in [6, 6.07) is 6.78. The first-order valence-corrected chi connectivity index (χ1v) is 9.57. The first kappa shape index (κ1) is 16.1. The summed E-state index contributed by atoms with van der Waals surface area (Å²) in [5, 5.41) is 0. The molecule has 3 aliphatic rings. The molecule has 0 spiro atoms. The average Bonchev–Trinajstić information content (AvgIpc) is 3.38. The van der Waals surface area contributed by atoms with Gasteiger partial charge in [0.2, 0.25) is 5.91 Å². The molecule has 1 unspecified atom stereocenters. The number of hydrogen-bond donors (Lipinski definition) is 1. The van der Waals surface area contributed by atoms with Crippen molar-refractivity contribution in [3.63, 3.8) is 0 Å². The van der Waals surface area contributed by atoms with Crippen LogP contribution >= 0.6 is 0 Å². The van der Waals surface area contributed by atoms with E-state index in [1.165, 1.54) is 43.5 Å². The molecule has 2 bridgehead atoms. The summed E-state index contributed by atoms with van der Waals surface area (Å²) in [5.41, 5.74) is 9.14. The van der Waals surface area contributed by atoms with Crippen molar-refractivity contribution in [1.82, 2.24) is 4.90 Å². The van der Waals surface area contributed by atoms with Crippen LogP contribution in [-0.2, 0) is 11.8 Å². The molecule has 130 valence electrons. The fourth-order valence-electron chi connectivity index (χ4n) is 5.27. The topological polar surface area (TPSA) is 46.3 Å². The van der Waals surface area contributed by atoms with Gasteiger partial charge in [0.1, 0.15) is 0 Å². The van der Waals surface area contributed by atoms with Crippen molar-refractivity contribution in [1.29, 1.82) is 0 Å². The predicted octanol–water partition coefficient (Wildman–Crippen LogP) is 3.36. The molecule has 0 aromatic heterocycles. The quantitative estimate of drug-likeness (QED) is 0.922. The van der Waals surface area contributed by atoms with Crippen LogP contribution in [0.5, 0.6) is 0 Å². The highest BCUT2D eigenvalue weighted by molar-refractivity contribution is 5.93. The lowest BCUT2D eigenvalue weighted by Crippen LogP contribution is -2.58. The third-order valence-corrected chi connectivity index (χ3v) is 7.36. The fourth-order valence-corrected chi connectivity index (χ4v) is 5.27. The Morgan fingerprint density at radius 3 is 2.83 bits per heavy atom. The molecule has 1 aromatic rings. The largest absolute Gasteiger partial charge is 0.366 e. The molecule has 1 saturated heterocycles. The Balaban J connectivity index is 1.64. The number of piperidine rings is 1. The number of nitrogens with zero attached hydrogens (tertiary/aromatic N) is 1. The van der Waals surface area contributed by atoms with Gasteiger partial charge in [-0.2, -0.15) is 0 Å². The van der Waals surface area contributed by atoms with E-state index >= 15 is 0 Å².